The van der Waals surface area contributed by atoms with E-state index in [4.69, 9.17) is 0 Å². The summed E-state index contributed by atoms with van der Waals surface area (Å²) in [5.41, 5.74) is 0.946. The summed E-state index contributed by atoms with van der Waals surface area (Å²) in [5, 5.41) is 3.19. The largest absolute Gasteiger partial charge is 0.317 e. The van der Waals surface area contributed by atoms with Crippen LogP contribution in [0.3, 0.4) is 0 Å². The Hall–Kier alpha value is -0.430. The van der Waals surface area contributed by atoms with Crippen molar-refractivity contribution in [1.29, 1.82) is 0 Å². The predicted molar refractivity (Wildman–Crippen MR) is 82.5 cm³/mol. The zero-order valence-corrected chi connectivity index (χ0v) is 13.6. The lowest BCUT2D eigenvalue weighted by molar-refractivity contribution is 0.574. The van der Waals surface area contributed by atoms with Crippen molar-refractivity contribution in [3.63, 3.8) is 0 Å². The molecule has 1 aromatic rings. The van der Waals surface area contributed by atoms with Crippen molar-refractivity contribution >= 4 is 26.0 Å². The highest BCUT2D eigenvalue weighted by Gasteiger charge is 2.09. The summed E-state index contributed by atoms with van der Waals surface area (Å²) in [5.74, 6) is 0.164. The molecule has 0 aliphatic heterocycles. The standard InChI is InChI=1S/C13H21BrN2O2S/c1-2-7-15-8-4-9-19(17,18)16-11-12-5-3-6-13(14)10-12/h3,5-6,10,15-16H,2,4,7-9,11H2,1H3. The van der Waals surface area contributed by atoms with Crippen LogP contribution in [0.1, 0.15) is 25.3 Å². The molecule has 0 heterocycles. The van der Waals surface area contributed by atoms with E-state index in [-0.39, 0.29) is 5.75 Å². The summed E-state index contributed by atoms with van der Waals surface area (Å²) in [6.07, 6.45) is 1.70. The summed E-state index contributed by atoms with van der Waals surface area (Å²) in [4.78, 5) is 0. The van der Waals surface area contributed by atoms with Crippen LogP contribution in [0.4, 0.5) is 0 Å². The van der Waals surface area contributed by atoms with Gasteiger partial charge in [-0.1, -0.05) is 35.0 Å². The number of hydrogen-bond donors (Lipinski definition) is 2. The molecule has 1 aromatic carbocycles. The van der Waals surface area contributed by atoms with E-state index >= 15 is 0 Å². The lowest BCUT2D eigenvalue weighted by Gasteiger charge is -2.07. The highest BCUT2D eigenvalue weighted by molar-refractivity contribution is 9.10. The molecule has 0 aromatic heterocycles. The van der Waals surface area contributed by atoms with Gasteiger partial charge in [-0.25, -0.2) is 13.1 Å². The normalized spacial score (nSPS) is 11.7. The molecule has 6 heteroatoms. The molecule has 0 bridgehead atoms. The first-order chi connectivity index (χ1) is 9.03. The van der Waals surface area contributed by atoms with Gasteiger partial charge in [0.05, 0.1) is 5.75 Å². The van der Waals surface area contributed by atoms with E-state index in [0.29, 0.717) is 13.0 Å². The van der Waals surface area contributed by atoms with Gasteiger partial charge in [0.1, 0.15) is 0 Å². The lowest BCUT2D eigenvalue weighted by atomic mass is 10.2. The van der Waals surface area contributed by atoms with Crippen LogP contribution in [-0.4, -0.2) is 27.3 Å². The second-order valence-electron chi connectivity index (χ2n) is 4.37. The van der Waals surface area contributed by atoms with Crippen molar-refractivity contribution < 1.29 is 8.42 Å². The van der Waals surface area contributed by atoms with E-state index in [9.17, 15) is 8.42 Å². The molecule has 0 spiro atoms. The average molecular weight is 349 g/mol. The van der Waals surface area contributed by atoms with Crippen LogP contribution in [0, 0.1) is 0 Å². The molecule has 0 unspecified atom stereocenters. The van der Waals surface area contributed by atoms with Gasteiger partial charge in [0.2, 0.25) is 10.0 Å². The zero-order chi connectivity index (χ0) is 14.1. The summed E-state index contributed by atoms with van der Waals surface area (Å²) in [6.45, 7) is 4.10. The SMILES string of the molecule is CCCNCCCS(=O)(=O)NCc1cccc(Br)c1. The average Bonchev–Trinajstić information content (AvgIpc) is 2.36. The first-order valence-corrected chi connectivity index (χ1v) is 8.90. The van der Waals surface area contributed by atoms with Crippen LogP contribution in [0.15, 0.2) is 28.7 Å². The number of halogens is 1. The van der Waals surface area contributed by atoms with Crippen molar-refractivity contribution in [3.8, 4) is 0 Å². The smallest absolute Gasteiger partial charge is 0.211 e. The summed E-state index contributed by atoms with van der Waals surface area (Å²) < 4.78 is 27.1. The fraction of sp³-hybridized carbons (Fsp3) is 0.538. The van der Waals surface area contributed by atoms with E-state index in [1.807, 2.05) is 24.3 Å². The molecular weight excluding hydrogens is 328 g/mol. The Labute approximate surface area is 124 Å². The molecule has 0 aliphatic carbocycles. The van der Waals surface area contributed by atoms with E-state index in [1.165, 1.54) is 0 Å². The summed E-state index contributed by atoms with van der Waals surface area (Å²) in [6, 6.07) is 7.61. The van der Waals surface area contributed by atoms with E-state index in [0.717, 1.165) is 29.5 Å². The minimum atomic E-state index is -3.19. The molecule has 0 fully saturated rings. The third kappa shape index (κ3) is 7.67. The Morgan fingerprint density at radius 1 is 1.26 bits per heavy atom. The first kappa shape index (κ1) is 16.6. The van der Waals surface area contributed by atoms with Gasteiger partial charge in [-0.15, -0.1) is 0 Å². The van der Waals surface area contributed by atoms with Crippen molar-refractivity contribution in [2.45, 2.75) is 26.3 Å². The van der Waals surface area contributed by atoms with Crippen LogP contribution < -0.4 is 10.0 Å². The van der Waals surface area contributed by atoms with Gasteiger partial charge in [0, 0.05) is 11.0 Å². The lowest BCUT2D eigenvalue weighted by Crippen LogP contribution is -2.28. The fourth-order valence-corrected chi connectivity index (χ4v) is 3.10. The van der Waals surface area contributed by atoms with Crippen molar-refractivity contribution in [1.82, 2.24) is 10.0 Å². The van der Waals surface area contributed by atoms with Gasteiger partial charge >= 0.3 is 0 Å². The summed E-state index contributed by atoms with van der Waals surface area (Å²) in [7, 11) is -3.19. The van der Waals surface area contributed by atoms with Crippen LogP contribution in [-0.2, 0) is 16.6 Å². The molecule has 4 nitrogen and oxygen atoms in total. The van der Waals surface area contributed by atoms with Gasteiger partial charge in [0.15, 0.2) is 0 Å². The number of sulfonamides is 1. The van der Waals surface area contributed by atoms with Crippen LogP contribution in [0.25, 0.3) is 0 Å². The molecule has 0 aliphatic rings. The number of benzene rings is 1. The molecule has 0 saturated heterocycles. The monoisotopic (exact) mass is 348 g/mol. The Balaban J connectivity index is 2.30. The van der Waals surface area contributed by atoms with Crippen LogP contribution in [0.2, 0.25) is 0 Å². The van der Waals surface area contributed by atoms with Gasteiger partial charge < -0.3 is 5.32 Å². The van der Waals surface area contributed by atoms with Crippen molar-refractivity contribution in [3.05, 3.63) is 34.3 Å². The molecule has 19 heavy (non-hydrogen) atoms. The number of nitrogens with one attached hydrogen (secondary N) is 2. The van der Waals surface area contributed by atoms with Gasteiger partial charge in [-0.05, 0) is 43.6 Å². The van der Waals surface area contributed by atoms with Gasteiger partial charge in [-0.2, -0.15) is 0 Å². The molecule has 0 radical (unpaired) electrons. The fourth-order valence-electron chi connectivity index (χ4n) is 1.60. The van der Waals surface area contributed by atoms with Crippen molar-refractivity contribution in [2.75, 3.05) is 18.8 Å². The highest BCUT2D eigenvalue weighted by Crippen LogP contribution is 2.11. The highest BCUT2D eigenvalue weighted by atomic mass is 79.9. The third-order valence-corrected chi connectivity index (χ3v) is 4.48. The molecule has 2 N–H and O–H groups in total. The third-order valence-electron chi connectivity index (χ3n) is 2.58. The maximum absolute atomic E-state index is 11.8. The topological polar surface area (TPSA) is 58.2 Å². The number of hydrogen-bond acceptors (Lipinski definition) is 3. The molecule has 0 atom stereocenters. The Morgan fingerprint density at radius 3 is 2.74 bits per heavy atom. The summed E-state index contributed by atoms with van der Waals surface area (Å²) >= 11 is 3.36. The van der Waals surface area contributed by atoms with E-state index in [2.05, 4.69) is 32.9 Å². The first-order valence-electron chi connectivity index (χ1n) is 6.46. The Kier molecular flexibility index (Phi) is 7.60. The molecular formula is C13H21BrN2O2S. The van der Waals surface area contributed by atoms with Crippen LogP contribution >= 0.6 is 15.9 Å². The maximum Gasteiger partial charge on any atom is 0.211 e. The van der Waals surface area contributed by atoms with Gasteiger partial charge in [0.25, 0.3) is 0 Å². The van der Waals surface area contributed by atoms with Crippen molar-refractivity contribution in [2.24, 2.45) is 0 Å². The molecule has 0 amide bonds. The number of rotatable bonds is 9. The van der Waals surface area contributed by atoms with Gasteiger partial charge in [-0.3, -0.25) is 0 Å². The second kappa shape index (κ2) is 8.68. The zero-order valence-electron chi connectivity index (χ0n) is 11.2. The Morgan fingerprint density at radius 2 is 2.05 bits per heavy atom. The second-order valence-corrected chi connectivity index (χ2v) is 7.22. The maximum atomic E-state index is 11.8. The minimum absolute atomic E-state index is 0.164. The Bertz CT molecular complexity index is 477. The van der Waals surface area contributed by atoms with Crippen LogP contribution in [0.5, 0.6) is 0 Å². The minimum Gasteiger partial charge on any atom is -0.317 e. The molecule has 108 valence electrons. The molecule has 1 rings (SSSR count). The predicted octanol–water partition coefficient (Wildman–Crippen LogP) is 2.26. The quantitative estimate of drug-likeness (QED) is 0.673. The molecule has 0 saturated carbocycles. The van der Waals surface area contributed by atoms with E-state index in [1.54, 1.807) is 0 Å². The van der Waals surface area contributed by atoms with E-state index < -0.39 is 10.0 Å².